The molecule has 116 valence electrons. The Labute approximate surface area is 125 Å². The number of nitrogens with two attached hydrogens (primary N) is 1. The summed E-state index contributed by atoms with van der Waals surface area (Å²) in [5.41, 5.74) is 2.15. The molecule has 1 aromatic rings. The van der Waals surface area contributed by atoms with Crippen molar-refractivity contribution in [3.63, 3.8) is 0 Å². The first-order valence-electron chi connectivity index (χ1n) is 6.91. The van der Waals surface area contributed by atoms with Gasteiger partial charge in [0.2, 0.25) is 10.0 Å². The molecule has 0 aliphatic carbocycles. The fraction of sp³-hybridized carbons (Fsp3) is 0.500. The van der Waals surface area contributed by atoms with Crippen LogP contribution < -0.4 is 10.5 Å². The predicted molar refractivity (Wildman–Crippen MR) is 81.2 cm³/mol. The van der Waals surface area contributed by atoms with Crippen LogP contribution in [-0.2, 0) is 10.0 Å². The molecule has 21 heavy (non-hydrogen) atoms. The molecule has 0 radical (unpaired) electrons. The average molecular weight is 311 g/mol. The summed E-state index contributed by atoms with van der Waals surface area (Å²) in [6, 6.07) is 7.45. The maximum Gasteiger partial charge on any atom is 0.317 e. The second-order valence-corrected chi connectivity index (χ2v) is 7.32. The lowest BCUT2D eigenvalue weighted by molar-refractivity contribution is 0.205. The van der Waals surface area contributed by atoms with E-state index < -0.39 is 15.3 Å². The van der Waals surface area contributed by atoms with E-state index in [0.29, 0.717) is 13.0 Å². The Morgan fingerprint density at radius 3 is 2.67 bits per heavy atom. The van der Waals surface area contributed by atoms with Gasteiger partial charge in [-0.15, -0.1) is 0 Å². The van der Waals surface area contributed by atoms with Crippen LogP contribution >= 0.6 is 0 Å². The minimum absolute atomic E-state index is 0.132. The zero-order valence-corrected chi connectivity index (χ0v) is 13.1. The second kappa shape index (κ2) is 6.03. The molecular formula is C14H21N3O3S. The molecule has 1 aliphatic rings. The smallest absolute Gasteiger partial charge is 0.317 e. The largest absolute Gasteiger partial charge is 0.331 e. The number of nitrogens with one attached hydrogen (secondary N) is 1. The summed E-state index contributed by atoms with van der Waals surface area (Å²) in [4.78, 5) is 13.7. The highest BCUT2D eigenvalue weighted by molar-refractivity contribution is 7.89. The van der Waals surface area contributed by atoms with E-state index >= 15 is 0 Å². The van der Waals surface area contributed by atoms with Gasteiger partial charge in [-0.1, -0.05) is 24.3 Å². The highest BCUT2D eigenvalue weighted by atomic mass is 32.2. The van der Waals surface area contributed by atoms with Gasteiger partial charge in [0.1, 0.15) is 0 Å². The van der Waals surface area contributed by atoms with E-state index in [1.165, 1.54) is 4.90 Å². The van der Waals surface area contributed by atoms with E-state index in [9.17, 15) is 13.2 Å². The summed E-state index contributed by atoms with van der Waals surface area (Å²) in [7, 11) is -3.58. The lowest BCUT2D eigenvalue weighted by atomic mass is 10.0. The van der Waals surface area contributed by atoms with Gasteiger partial charge >= 0.3 is 6.03 Å². The molecule has 2 rings (SSSR count). The Kier molecular flexibility index (Phi) is 4.53. The van der Waals surface area contributed by atoms with Crippen molar-refractivity contribution in [3.8, 4) is 0 Å². The van der Waals surface area contributed by atoms with Gasteiger partial charge in [0.15, 0.2) is 0 Å². The molecule has 6 nitrogen and oxygen atoms in total. The van der Waals surface area contributed by atoms with Crippen molar-refractivity contribution in [2.75, 3.05) is 13.1 Å². The van der Waals surface area contributed by atoms with Crippen LogP contribution in [0.4, 0.5) is 4.79 Å². The highest BCUT2D eigenvalue weighted by Gasteiger charge is 2.33. The van der Waals surface area contributed by atoms with Crippen LogP contribution in [0.25, 0.3) is 0 Å². The summed E-state index contributed by atoms with van der Waals surface area (Å²) in [6.45, 7) is 4.47. The molecule has 3 N–H and O–H groups in total. The van der Waals surface area contributed by atoms with Crippen molar-refractivity contribution in [2.45, 2.75) is 31.6 Å². The number of aryl methyl sites for hydroxylation is 1. The van der Waals surface area contributed by atoms with Crippen LogP contribution in [0.5, 0.6) is 0 Å². The lowest BCUT2D eigenvalue weighted by Crippen LogP contribution is -2.41. The number of carbonyl (C=O) groups is 1. The Morgan fingerprint density at radius 1 is 1.43 bits per heavy atom. The topological polar surface area (TPSA) is 92.5 Å². The Bertz CT molecular complexity index is 630. The van der Waals surface area contributed by atoms with E-state index in [-0.39, 0.29) is 18.6 Å². The first-order chi connectivity index (χ1) is 9.79. The van der Waals surface area contributed by atoms with E-state index in [1.807, 2.05) is 38.1 Å². The van der Waals surface area contributed by atoms with Crippen molar-refractivity contribution in [2.24, 2.45) is 5.14 Å². The van der Waals surface area contributed by atoms with Crippen LogP contribution in [0.3, 0.4) is 0 Å². The Morgan fingerprint density at radius 2 is 2.10 bits per heavy atom. The fourth-order valence-electron chi connectivity index (χ4n) is 2.61. The molecule has 2 atom stereocenters. The molecule has 2 amide bonds. The molecule has 1 aliphatic heterocycles. The Balaban J connectivity index is 1.98. The maximum absolute atomic E-state index is 12.2. The van der Waals surface area contributed by atoms with Gasteiger partial charge in [-0.2, -0.15) is 0 Å². The van der Waals surface area contributed by atoms with Gasteiger partial charge in [-0.3, -0.25) is 0 Å². The molecule has 7 heteroatoms. The first-order valence-corrected chi connectivity index (χ1v) is 8.52. The molecule has 1 fully saturated rings. The highest BCUT2D eigenvalue weighted by Crippen LogP contribution is 2.19. The van der Waals surface area contributed by atoms with Crippen LogP contribution in [-0.4, -0.2) is 37.7 Å². The first kappa shape index (κ1) is 15.8. The van der Waals surface area contributed by atoms with Gasteiger partial charge in [0, 0.05) is 13.1 Å². The molecule has 1 saturated heterocycles. The minimum Gasteiger partial charge on any atom is -0.331 e. The zero-order valence-electron chi connectivity index (χ0n) is 12.2. The van der Waals surface area contributed by atoms with Crippen LogP contribution in [0.15, 0.2) is 24.3 Å². The average Bonchev–Trinajstić information content (AvgIpc) is 2.88. The third-order valence-corrected chi connectivity index (χ3v) is 5.21. The predicted octanol–water partition coefficient (Wildman–Crippen LogP) is 1.13. The van der Waals surface area contributed by atoms with Crippen molar-refractivity contribution in [3.05, 3.63) is 35.4 Å². The molecule has 0 unspecified atom stereocenters. The minimum atomic E-state index is -3.58. The van der Waals surface area contributed by atoms with E-state index in [4.69, 9.17) is 5.14 Å². The number of sulfonamides is 1. The fourth-order valence-corrected chi connectivity index (χ4v) is 3.43. The van der Waals surface area contributed by atoms with E-state index in [2.05, 4.69) is 5.32 Å². The number of carbonyl (C=O) groups excluding carboxylic acids is 1. The molecule has 0 spiro atoms. The number of nitrogens with zero attached hydrogens (tertiary/aromatic N) is 1. The lowest BCUT2D eigenvalue weighted by Gasteiger charge is -2.22. The standard InChI is InChI=1S/C14H21N3O3S/c1-10-5-3-4-6-13(10)11(2)16-14(18)17-8-7-12(9-17)21(15,19)20/h3-6,11-12H,7-9H2,1-2H3,(H,16,18)(H2,15,19,20)/t11-,12+/m1/s1. The third-order valence-electron chi connectivity index (χ3n) is 3.89. The molecular weight excluding hydrogens is 290 g/mol. The van der Waals surface area contributed by atoms with Gasteiger partial charge in [-0.05, 0) is 31.4 Å². The number of hydrogen-bond donors (Lipinski definition) is 2. The summed E-state index contributed by atoms with van der Waals surface area (Å²) < 4.78 is 22.6. The second-order valence-electron chi connectivity index (χ2n) is 5.47. The van der Waals surface area contributed by atoms with Crippen molar-refractivity contribution in [1.29, 1.82) is 0 Å². The monoisotopic (exact) mass is 311 g/mol. The molecule has 0 aromatic heterocycles. The quantitative estimate of drug-likeness (QED) is 0.876. The number of benzene rings is 1. The summed E-state index contributed by atoms with van der Waals surface area (Å²) in [5.74, 6) is 0. The maximum atomic E-state index is 12.2. The summed E-state index contributed by atoms with van der Waals surface area (Å²) in [6.07, 6.45) is 0.394. The normalized spacial score (nSPS) is 20.3. The van der Waals surface area contributed by atoms with Crippen molar-refractivity contribution < 1.29 is 13.2 Å². The molecule has 1 aromatic carbocycles. The van der Waals surface area contributed by atoms with Crippen LogP contribution in [0.2, 0.25) is 0 Å². The zero-order chi connectivity index (χ0) is 15.6. The number of likely N-dealkylation sites (tertiary alicyclic amines) is 1. The Hall–Kier alpha value is -1.60. The summed E-state index contributed by atoms with van der Waals surface area (Å²) in [5, 5.41) is 7.38. The van der Waals surface area contributed by atoms with Gasteiger partial charge < -0.3 is 10.2 Å². The number of hydrogen-bond acceptors (Lipinski definition) is 3. The molecule has 1 heterocycles. The van der Waals surface area contributed by atoms with Crippen LogP contribution in [0.1, 0.15) is 30.5 Å². The van der Waals surface area contributed by atoms with Crippen molar-refractivity contribution in [1.82, 2.24) is 10.2 Å². The van der Waals surface area contributed by atoms with Crippen molar-refractivity contribution >= 4 is 16.1 Å². The molecule has 0 bridgehead atoms. The number of urea groups is 1. The number of rotatable bonds is 3. The van der Waals surface area contributed by atoms with E-state index in [0.717, 1.165) is 11.1 Å². The third kappa shape index (κ3) is 3.74. The summed E-state index contributed by atoms with van der Waals surface area (Å²) >= 11 is 0. The number of primary sulfonamides is 1. The molecule has 0 saturated carbocycles. The SMILES string of the molecule is Cc1ccccc1[C@@H](C)NC(=O)N1CC[C@H](S(N)(=O)=O)C1. The van der Waals surface area contributed by atoms with Gasteiger partial charge in [0.25, 0.3) is 0 Å². The van der Waals surface area contributed by atoms with Gasteiger partial charge in [0.05, 0.1) is 11.3 Å². The number of amides is 2. The van der Waals surface area contributed by atoms with E-state index in [1.54, 1.807) is 0 Å². The van der Waals surface area contributed by atoms with Gasteiger partial charge in [-0.25, -0.2) is 18.4 Å². The van der Waals surface area contributed by atoms with Crippen LogP contribution in [0, 0.1) is 6.92 Å².